The summed E-state index contributed by atoms with van der Waals surface area (Å²) in [5.74, 6) is 0.187. The molecule has 0 fully saturated rings. The van der Waals surface area contributed by atoms with Gasteiger partial charge in [-0.3, -0.25) is 0 Å². The summed E-state index contributed by atoms with van der Waals surface area (Å²) in [5.41, 5.74) is 5.31. The van der Waals surface area contributed by atoms with E-state index < -0.39 is 6.10 Å². The number of rotatable bonds is 6. The van der Waals surface area contributed by atoms with E-state index >= 15 is 0 Å². The van der Waals surface area contributed by atoms with Crippen molar-refractivity contribution >= 4 is 0 Å². The van der Waals surface area contributed by atoms with Gasteiger partial charge in [0.2, 0.25) is 0 Å². The third-order valence-corrected chi connectivity index (χ3v) is 1.96. The van der Waals surface area contributed by atoms with E-state index in [4.69, 9.17) is 15.9 Å². The summed E-state index contributed by atoms with van der Waals surface area (Å²) in [6.45, 7) is 2.52. The highest BCUT2D eigenvalue weighted by atomic mass is 16.3. The summed E-state index contributed by atoms with van der Waals surface area (Å²) in [4.78, 5) is 0. The molecule has 0 aromatic carbocycles. The summed E-state index contributed by atoms with van der Waals surface area (Å²) in [6, 6.07) is 0. The highest BCUT2D eigenvalue weighted by Gasteiger charge is 2.11. The lowest BCUT2D eigenvalue weighted by molar-refractivity contribution is 0.0496. The predicted molar refractivity (Wildman–Crippen MR) is 45.2 cm³/mol. The summed E-state index contributed by atoms with van der Waals surface area (Å²) < 4.78 is 0. The van der Waals surface area contributed by atoms with Crippen LogP contribution in [-0.4, -0.2) is 29.5 Å². The van der Waals surface area contributed by atoms with E-state index in [2.05, 4.69) is 0 Å². The first-order valence-corrected chi connectivity index (χ1v) is 4.21. The molecule has 3 nitrogen and oxygen atoms in total. The molecule has 0 amide bonds. The van der Waals surface area contributed by atoms with Crippen molar-refractivity contribution in [3.63, 3.8) is 0 Å². The molecule has 0 radical (unpaired) electrons. The SMILES string of the molecule is C[C@@H](CCCCN)C(O)CO. The van der Waals surface area contributed by atoms with Crippen molar-refractivity contribution in [2.75, 3.05) is 13.2 Å². The number of aliphatic hydroxyl groups excluding tert-OH is 2. The molecule has 0 bridgehead atoms. The van der Waals surface area contributed by atoms with Crippen LogP contribution in [0.25, 0.3) is 0 Å². The van der Waals surface area contributed by atoms with Gasteiger partial charge in [-0.1, -0.05) is 13.3 Å². The van der Waals surface area contributed by atoms with Crippen LogP contribution in [0.2, 0.25) is 0 Å². The van der Waals surface area contributed by atoms with E-state index in [1.807, 2.05) is 6.92 Å². The molecule has 0 spiro atoms. The minimum Gasteiger partial charge on any atom is -0.394 e. The molecule has 0 rings (SSSR count). The van der Waals surface area contributed by atoms with Gasteiger partial charge < -0.3 is 15.9 Å². The Labute approximate surface area is 68.2 Å². The third-order valence-electron chi connectivity index (χ3n) is 1.96. The first-order valence-electron chi connectivity index (χ1n) is 4.21. The van der Waals surface area contributed by atoms with Crippen LogP contribution in [0, 0.1) is 5.92 Å². The number of aliphatic hydroxyl groups is 2. The Morgan fingerprint density at radius 3 is 2.45 bits per heavy atom. The van der Waals surface area contributed by atoms with Crippen LogP contribution >= 0.6 is 0 Å². The maximum absolute atomic E-state index is 9.14. The molecule has 0 heterocycles. The van der Waals surface area contributed by atoms with Gasteiger partial charge in [-0.25, -0.2) is 0 Å². The van der Waals surface area contributed by atoms with E-state index in [-0.39, 0.29) is 12.5 Å². The lowest BCUT2D eigenvalue weighted by atomic mass is 9.98. The maximum Gasteiger partial charge on any atom is 0.0796 e. The summed E-state index contributed by atoms with van der Waals surface area (Å²) in [7, 11) is 0. The summed E-state index contributed by atoms with van der Waals surface area (Å²) >= 11 is 0. The number of nitrogens with two attached hydrogens (primary N) is 1. The van der Waals surface area contributed by atoms with Gasteiger partial charge in [0.25, 0.3) is 0 Å². The van der Waals surface area contributed by atoms with E-state index in [1.165, 1.54) is 0 Å². The molecular weight excluding hydrogens is 142 g/mol. The lowest BCUT2D eigenvalue weighted by Crippen LogP contribution is -2.21. The molecule has 2 atom stereocenters. The van der Waals surface area contributed by atoms with E-state index in [0.29, 0.717) is 6.54 Å². The van der Waals surface area contributed by atoms with Crippen LogP contribution in [0.4, 0.5) is 0 Å². The second kappa shape index (κ2) is 6.58. The quantitative estimate of drug-likeness (QED) is 0.484. The van der Waals surface area contributed by atoms with Crippen molar-refractivity contribution in [2.24, 2.45) is 11.7 Å². The van der Waals surface area contributed by atoms with Crippen LogP contribution < -0.4 is 5.73 Å². The minimum atomic E-state index is -0.562. The van der Waals surface area contributed by atoms with E-state index in [1.54, 1.807) is 0 Å². The molecular formula is C8H19NO2. The second-order valence-electron chi connectivity index (χ2n) is 3.01. The van der Waals surface area contributed by atoms with Crippen molar-refractivity contribution < 1.29 is 10.2 Å². The van der Waals surface area contributed by atoms with Crippen LogP contribution in [0.3, 0.4) is 0 Å². The van der Waals surface area contributed by atoms with Gasteiger partial charge in [0, 0.05) is 0 Å². The van der Waals surface area contributed by atoms with E-state index in [9.17, 15) is 0 Å². The van der Waals surface area contributed by atoms with Crippen molar-refractivity contribution in [1.82, 2.24) is 0 Å². The molecule has 0 aliphatic rings. The first-order chi connectivity index (χ1) is 5.22. The fourth-order valence-corrected chi connectivity index (χ4v) is 0.983. The van der Waals surface area contributed by atoms with Gasteiger partial charge in [-0.2, -0.15) is 0 Å². The number of hydrogen-bond donors (Lipinski definition) is 3. The molecule has 0 aromatic rings. The zero-order valence-corrected chi connectivity index (χ0v) is 7.16. The highest BCUT2D eigenvalue weighted by molar-refractivity contribution is 4.62. The van der Waals surface area contributed by atoms with Crippen molar-refractivity contribution in [1.29, 1.82) is 0 Å². The lowest BCUT2D eigenvalue weighted by Gasteiger charge is -2.15. The second-order valence-corrected chi connectivity index (χ2v) is 3.01. The Bertz CT molecular complexity index is 88.2. The van der Waals surface area contributed by atoms with Crippen LogP contribution in [-0.2, 0) is 0 Å². The molecule has 1 unspecified atom stereocenters. The highest BCUT2D eigenvalue weighted by Crippen LogP contribution is 2.11. The van der Waals surface area contributed by atoms with Crippen LogP contribution in [0.15, 0.2) is 0 Å². The zero-order chi connectivity index (χ0) is 8.69. The van der Waals surface area contributed by atoms with Crippen LogP contribution in [0.1, 0.15) is 26.2 Å². The summed E-state index contributed by atoms with van der Waals surface area (Å²) in [5, 5.41) is 17.7. The maximum atomic E-state index is 9.14. The molecule has 0 aliphatic carbocycles. The fraction of sp³-hybridized carbons (Fsp3) is 1.00. The Hall–Kier alpha value is -0.120. The summed E-state index contributed by atoms with van der Waals surface area (Å²) in [6.07, 6.45) is 2.42. The van der Waals surface area contributed by atoms with Gasteiger partial charge in [0.05, 0.1) is 12.7 Å². The predicted octanol–water partition coefficient (Wildman–Crippen LogP) is 0.105. The minimum absolute atomic E-state index is 0.135. The van der Waals surface area contributed by atoms with Crippen molar-refractivity contribution in [3.05, 3.63) is 0 Å². The molecule has 3 heteroatoms. The van der Waals surface area contributed by atoms with Crippen molar-refractivity contribution in [3.8, 4) is 0 Å². The molecule has 4 N–H and O–H groups in total. The van der Waals surface area contributed by atoms with Gasteiger partial charge in [0.15, 0.2) is 0 Å². The molecule has 0 saturated carbocycles. The van der Waals surface area contributed by atoms with Crippen molar-refractivity contribution in [2.45, 2.75) is 32.3 Å². The van der Waals surface area contributed by atoms with Crippen LogP contribution in [0.5, 0.6) is 0 Å². The Kier molecular flexibility index (Phi) is 6.51. The monoisotopic (exact) mass is 161 g/mol. The number of hydrogen-bond acceptors (Lipinski definition) is 3. The molecule has 68 valence electrons. The standard InChI is InChI=1S/C8H19NO2/c1-7(8(11)6-10)4-2-3-5-9/h7-8,10-11H,2-6,9H2,1H3/t7-,8?/m0/s1. The molecule has 0 aliphatic heterocycles. The number of unbranched alkanes of at least 4 members (excludes halogenated alkanes) is 1. The van der Waals surface area contributed by atoms with Gasteiger partial charge in [-0.15, -0.1) is 0 Å². The van der Waals surface area contributed by atoms with Gasteiger partial charge in [0.1, 0.15) is 0 Å². The normalized spacial score (nSPS) is 16.4. The largest absolute Gasteiger partial charge is 0.394 e. The molecule has 11 heavy (non-hydrogen) atoms. The Balaban J connectivity index is 3.28. The smallest absolute Gasteiger partial charge is 0.0796 e. The average molecular weight is 161 g/mol. The zero-order valence-electron chi connectivity index (χ0n) is 7.16. The molecule has 0 aromatic heterocycles. The van der Waals surface area contributed by atoms with Gasteiger partial charge in [-0.05, 0) is 25.3 Å². The third kappa shape index (κ3) is 5.18. The average Bonchev–Trinajstić information content (AvgIpc) is 2.03. The van der Waals surface area contributed by atoms with Gasteiger partial charge >= 0.3 is 0 Å². The Morgan fingerprint density at radius 1 is 1.36 bits per heavy atom. The topological polar surface area (TPSA) is 66.5 Å². The Morgan fingerprint density at radius 2 is 2.00 bits per heavy atom. The first kappa shape index (κ1) is 10.9. The molecule has 0 saturated heterocycles. The fourth-order valence-electron chi connectivity index (χ4n) is 0.983. The van der Waals surface area contributed by atoms with E-state index in [0.717, 1.165) is 19.3 Å².